The molecule has 1 heterocycles. The molecule has 1 aromatic heterocycles. The Bertz CT molecular complexity index is 1740. The van der Waals surface area contributed by atoms with E-state index in [-0.39, 0.29) is 5.56 Å². The minimum Gasteiger partial charge on any atom is -0.321 e. The molecular formula is C25H13NO. The van der Waals surface area contributed by atoms with E-state index in [1.54, 1.807) is 6.07 Å². The second kappa shape index (κ2) is 4.36. The van der Waals surface area contributed by atoms with E-state index in [4.69, 9.17) is 0 Å². The number of nitrogens with one attached hydrogen (secondary N) is 1. The third kappa shape index (κ3) is 1.51. The van der Waals surface area contributed by atoms with Crippen LogP contribution in [0.2, 0.25) is 0 Å². The second-order valence-corrected chi connectivity index (χ2v) is 7.43. The first-order chi connectivity index (χ1) is 13.3. The normalized spacial score (nSPS) is 12.6. The van der Waals surface area contributed by atoms with Gasteiger partial charge in [0.2, 0.25) is 5.56 Å². The predicted molar refractivity (Wildman–Crippen MR) is 114 cm³/mol. The highest BCUT2D eigenvalue weighted by molar-refractivity contribution is 6.39. The molecule has 7 aromatic rings. The minimum absolute atomic E-state index is 0.0520. The standard InChI is InChI=1S/C25H13NO/c27-20-12-16-5-2-6-17-19-11-15-4-1-3-13-7-8-14-9-10-18(25(26-20)22(16)17)24(19)23(14)21(13)15/h1-12H,(H,26,27). The van der Waals surface area contributed by atoms with E-state index < -0.39 is 0 Å². The molecule has 124 valence electrons. The van der Waals surface area contributed by atoms with Crippen LogP contribution in [0, 0.1) is 0 Å². The molecule has 1 N–H and O–H groups in total. The van der Waals surface area contributed by atoms with Crippen molar-refractivity contribution in [1.82, 2.24) is 4.98 Å². The zero-order valence-corrected chi connectivity index (χ0v) is 14.3. The summed E-state index contributed by atoms with van der Waals surface area (Å²) in [5, 5.41) is 13.3. The molecule has 0 amide bonds. The fourth-order valence-electron chi connectivity index (χ4n) is 5.03. The highest BCUT2D eigenvalue weighted by Gasteiger charge is 2.17. The zero-order valence-electron chi connectivity index (χ0n) is 14.3. The Hall–Kier alpha value is -3.65. The average Bonchev–Trinajstić information content (AvgIpc) is 2.70. The largest absolute Gasteiger partial charge is 0.321 e. The van der Waals surface area contributed by atoms with Gasteiger partial charge in [-0.3, -0.25) is 4.79 Å². The fourth-order valence-corrected chi connectivity index (χ4v) is 5.03. The second-order valence-electron chi connectivity index (χ2n) is 7.43. The molecule has 0 atom stereocenters. The van der Waals surface area contributed by atoms with E-state index in [9.17, 15) is 4.79 Å². The molecule has 0 aliphatic rings. The van der Waals surface area contributed by atoms with Crippen LogP contribution in [-0.2, 0) is 0 Å². The van der Waals surface area contributed by atoms with Gasteiger partial charge in [-0.15, -0.1) is 0 Å². The lowest BCUT2D eigenvalue weighted by Crippen LogP contribution is -2.04. The molecule has 0 fully saturated rings. The smallest absolute Gasteiger partial charge is 0.249 e. The first-order valence-corrected chi connectivity index (χ1v) is 9.17. The quantitative estimate of drug-likeness (QED) is 0.259. The van der Waals surface area contributed by atoms with Crippen molar-refractivity contribution in [3.05, 3.63) is 83.2 Å². The molecule has 0 aliphatic heterocycles. The Morgan fingerprint density at radius 1 is 0.519 bits per heavy atom. The molecule has 2 nitrogen and oxygen atoms in total. The molecule has 27 heavy (non-hydrogen) atoms. The van der Waals surface area contributed by atoms with Gasteiger partial charge in [0.25, 0.3) is 0 Å². The van der Waals surface area contributed by atoms with Crippen LogP contribution >= 0.6 is 0 Å². The zero-order chi connectivity index (χ0) is 17.7. The Labute approximate surface area is 153 Å². The van der Waals surface area contributed by atoms with Crippen LogP contribution in [0.3, 0.4) is 0 Å². The molecular weight excluding hydrogens is 330 g/mol. The third-order valence-electron chi connectivity index (χ3n) is 6.07. The van der Waals surface area contributed by atoms with E-state index >= 15 is 0 Å². The van der Waals surface area contributed by atoms with Crippen LogP contribution in [0.4, 0.5) is 0 Å². The maximum Gasteiger partial charge on any atom is 0.249 e. The lowest BCUT2D eigenvalue weighted by molar-refractivity contribution is 1.33. The number of hydrogen-bond donors (Lipinski definition) is 1. The number of rotatable bonds is 0. The van der Waals surface area contributed by atoms with E-state index in [0.717, 1.165) is 21.7 Å². The van der Waals surface area contributed by atoms with E-state index in [2.05, 4.69) is 59.6 Å². The Morgan fingerprint density at radius 3 is 2.11 bits per heavy atom. The summed E-state index contributed by atoms with van der Waals surface area (Å²) < 4.78 is 0. The topological polar surface area (TPSA) is 32.9 Å². The van der Waals surface area contributed by atoms with E-state index in [0.29, 0.717) is 0 Å². The lowest BCUT2D eigenvalue weighted by atomic mass is 9.86. The lowest BCUT2D eigenvalue weighted by Gasteiger charge is -2.18. The van der Waals surface area contributed by atoms with Gasteiger partial charge in [-0.2, -0.15) is 0 Å². The molecule has 0 saturated heterocycles. The van der Waals surface area contributed by atoms with Crippen LogP contribution in [0.15, 0.2) is 77.6 Å². The van der Waals surface area contributed by atoms with Gasteiger partial charge in [0.1, 0.15) is 0 Å². The number of benzene rings is 6. The summed E-state index contributed by atoms with van der Waals surface area (Å²) in [6.07, 6.45) is 0. The Kier molecular flexibility index (Phi) is 2.19. The number of pyridine rings is 1. The highest BCUT2D eigenvalue weighted by atomic mass is 16.1. The molecule has 7 rings (SSSR count). The van der Waals surface area contributed by atoms with Gasteiger partial charge in [-0.1, -0.05) is 60.7 Å². The van der Waals surface area contributed by atoms with Crippen molar-refractivity contribution in [2.24, 2.45) is 0 Å². The number of aromatic amines is 1. The molecule has 6 aromatic carbocycles. The van der Waals surface area contributed by atoms with Gasteiger partial charge in [-0.05, 0) is 49.2 Å². The van der Waals surface area contributed by atoms with Gasteiger partial charge in [0.05, 0.1) is 5.52 Å². The summed E-state index contributed by atoms with van der Waals surface area (Å²) in [6.45, 7) is 0. The van der Waals surface area contributed by atoms with Crippen LogP contribution in [0.5, 0.6) is 0 Å². The van der Waals surface area contributed by atoms with Crippen molar-refractivity contribution in [3.63, 3.8) is 0 Å². The van der Waals surface area contributed by atoms with Crippen LogP contribution < -0.4 is 5.56 Å². The minimum atomic E-state index is -0.0520. The number of hydrogen-bond acceptors (Lipinski definition) is 1. The van der Waals surface area contributed by atoms with Crippen molar-refractivity contribution < 1.29 is 0 Å². The average molecular weight is 343 g/mol. The molecule has 0 bridgehead atoms. The predicted octanol–water partition coefficient (Wildman–Crippen LogP) is 6.17. The van der Waals surface area contributed by atoms with Gasteiger partial charge >= 0.3 is 0 Å². The van der Waals surface area contributed by atoms with E-state index in [1.165, 1.54) is 43.1 Å². The van der Waals surface area contributed by atoms with Crippen molar-refractivity contribution in [2.75, 3.05) is 0 Å². The Morgan fingerprint density at radius 2 is 1.22 bits per heavy atom. The van der Waals surface area contributed by atoms with Crippen molar-refractivity contribution >= 4 is 64.8 Å². The fraction of sp³-hybridized carbons (Fsp3) is 0. The first kappa shape index (κ1) is 13.5. The maximum absolute atomic E-state index is 12.3. The van der Waals surface area contributed by atoms with Crippen molar-refractivity contribution in [2.45, 2.75) is 0 Å². The summed E-state index contributed by atoms with van der Waals surface area (Å²) >= 11 is 0. The number of aromatic nitrogens is 1. The molecule has 0 radical (unpaired) electrons. The van der Waals surface area contributed by atoms with Gasteiger partial charge in [0, 0.05) is 22.2 Å². The SMILES string of the molecule is O=c1cc2cccc3c4cc5cccc6ccc7ccc(c([nH]1)c23)c4c7c65. The maximum atomic E-state index is 12.3. The van der Waals surface area contributed by atoms with E-state index in [1.807, 2.05) is 12.1 Å². The highest BCUT2D eigenvalue weighted by Crippen LogP contribution is 2.44. The molecule has 0 spiro atoms. The summed E-state index contributed by atoms with van der Waals surface area (Å²) in [4.78, 5) is 15.4. The summed E-state index contributed by atoms with van der Waals surface area (Å²) in [5.41, 5.74) is 0.891. The van der Waals surface area contributed by atoms with Crippen molar-refractivity contribution in [1.29, 1.82) is 0 Å². The number of H-pyrrole nitrogens is 1. The van der Waals surface area contributed by atoms with Crippen LogP contribution in [0.25, 0.3) is 64.8 Å². The monoisotopic (exact) mass is 343 g/mol. The summed E-state index contributed by atoms with van der Waals surface area (Å²) in [7, 11) is 0. The van der Waals surface area contributed by atoms with Crippen LogP contribution in [-0.4, -0.2) is 4.98 Å². The first-order valence-electron chi connectivity index (χ1n) is 9.17. The molecule has 0 aliphatic carbocycles. The van der Waals surface area contributed by atoms with Gasteiger partial charge in [-0.25, -0.2) is 0 Å². The number of fused-ring (bicyclic) bond motifs is 2. The third-order valence-corrected chi connectivity index (χ3v) is 6.07. The summed E-state index contributed by atoms with van der Waals surface area (Å²) in [5.74, 6) is 0. The molecule has 2 heteroatoms. The molecule has 0 saturated carbocycles. The Balaban J connectivity index is 1.99. The van der Waals surface area contributed by atoms with Gasteiger partial charge in [0.15, 0.2) is 0 Å². The summed E-state index contributed by atoms with van der Waals surface area (Å²) in [6, 6.07) is 25.5. The van der Waals surface area contributed by atoms with Gasteiger partial charge < -0.3 is 4.98 Å². The van der Waals surface area contributed by atoms with Crippen LogP contribution in [0.1, 0.15) is 0 Å². The van der Waals surface area contributed by atoms with Crippen molar-refractivity contribution in [3.8, 4) is 0 Å². The molecule has 0 unspecified atom stereocenters.